The monoisotopic (exact) mass is 570 g/mol. The fraction of sp³-hybridized carbons (Fsp3) is 0.370. The molecule has 0 bridgehead atoms. The second-order valence-electron chi connectivity index (χ2n) is 10.1. The minimum atomic E-state index is 0.128. The van der Waals surface area contributed by atoms with Gasteiger partial charge in [-0.1, -0.05) is 11.6 Å². The van der Waals surface area contributed by atoms with Gasteiger partial charge in [-0.05, 0) is 31.4 Å². The van der Waals surface area contributed by atoms with Gasteiger partial charge in [0, 0.05) is 57.6 Å². The van der Waals surface area contributed by atoms with Crippen LogP contribution in [0.2, 0.25) is 5.02 Å². The van der Waals surface area contributed by atoms with E-state index in [1.807, 2.05) is 15.7 Å². The number of imidazole rings is 2. The second kappa shape index (κ2) is 11.3. The van der Waals surface area contributed by atoms with Crippen LogP contribution in [0.5, 0.6) is 0 Å². The minimum absolute atomic E-state index is 0.128. The second-order valence-corrected chi connectivity index (χ2v) is 10.4. The fourth-order valence-electron chi connectivity index (χ4n) is 4.83. The molecule has 0 atom stereocenters. The molecule has 1 aliphatic carbocycles. The number of halogens is 1. The Morgan fingerprint density at radius 1 is 1.15 bits per heavy atom. The third kappa shape index (κ3) is 5.71. The number of benzene rings is 1. The van der Waals surface area contributed by atoms with Crippen molar-refractivity contribution in [1.29, 1.82) is 10.5 Å². The molecule has 2 fully saturated rings. The van der Waals surface area contributed by atoms with E-state index in [1.54, 1.807) is 24.7 Å². The van der Waals surface area contributed by atoms with E-state index in [2.05, 4.69) is 47.7 Å². The number of nitriles is 2. The maximum absolute atomic E-state index is 12.8. The molecule has 1 aliphatic heterocycles. The van der Waals surface area contributed by atoms with Crippen LogP contribution in [0.3, 0.4) is 0 Å². The molecule has 3 aromatic heterocycles. The molecule has 14 heteroatoms. The minimum Gasteiger partial charge on any atom is -0.367 e. The number of hydrogen-bond donors (Lipinski definition) is 2. The molecule has 208 valence electrons. The third-order valence-electron chi connectivity index (χ3n) is 7.16. The maximum atomic E-state index is 12.8. The van der Waals surface area contributed by atoms with Crippen molar-refractivity contribution in [2.75, 3.05) is 41.7 Å². The highest BCUT2D eigenvalue weighted by Crippen LogP contribution is 2.36. The number of aromatic nitrogens is 6. The van der Waals surface area contributed by atoms with Crippen LogP contribution in [0.4, 0.5) is 23.1 Å². The lowest BCUT2D eigenvalue weighted by Gasteiger charge is -2.37. The van der Waals surface area contributed by atoms with Crippen molar-refractivity contribution in [3.63, 3.8) is 0 Å². The zero-order valence-electron chi connectivity index (χ0n) is 22.2. The van der Waals surface area contributed by atoms with E-state index < -0.39 is 0 Å². The molecule has 0 unspecified atom stereocenters. The first kappa shape index (κ1) is 26.3. The van der Waals surface area contributed by atoms with Gasteiger partial charge in [-0.2, -0.15) is 20.0 Å². The van der Waals surface area contributed by atoms with Crippen LogP contribution in [0.15, 0.2) is 37.1 Å². The Bertz CT molecular complexity index is 1660. The number of aryl methyl sites for hydroxylation is 1. The molecule has 41 heavy (non-hydrogen) atoms. The predicted molar refractivity (Wildman–Crippen MR) is 152 cm³/mol. The van der Waals surface area contributed by atoms with Crippen LogP contribution in [0, 0.1) is 22.7 Å². The van der Waals surface area contributed by atoms with Gasteiger partial charge in [0.1, 0.15) is 6.07 Å². The summed E-state index contributed by atoms with van der Waals surface area (Å²) in [5.41, 5.74) is 2.32. The number of hydrogen-bond acceptors (Lipinski definition) is 10. The Kier molecular flexibility index (Phi) is 7.27. The highest BCUT2D eigenvalue weighted by atomic mass is 35.5. The molecular weight excluding hydrogens is 544 g/mol. The van der Waals surface area contributed by atoms with Crippen LogP contribution < -0.4 is 15.5 Å². The van der Waals surface area contributed by atoms with Crippen molar-refractivity contribution in [3.8, 4) is 12.1 Å². The van der Waals surface area contributed by atoms with Gasteiger partial charge in [-0.25, -0.2) is 9.97 Å². The van der Waals surface area contributed by atoms with Crippen molar-refractivity contribution in [2.45, 2.75) is 38.3 Å². The highest BCUT2D eigenvalue weighted by molar-refractivity contribution is 6.36. The summed E-state index contributed by atoms with van der Waals surface area (Å²) in [4.78, 5) is 29.7. The summed E-state index contributed by atoms with van der Waals surface area (Å²) in [6.45, 7) is 3.05. The fourth-order valence-corrected chi connectivity index (χ4v) is 5.11. The summed E-state index contributed by atoms with van der Waals surface area (Å²) in [6, 6.07) is 8.01. The molecule has 4 heterocycles. The van der Waals surface area contributed by atoms with Crippen molar-refractivity contribution in [2.24, 2.45) is 0 Å². The number of nitrogens with one attached hydrogen (secondary N) is 2. The Balaban J connectivity index is 1.18. The molecule has 13 nitrogen and oxygen atoms in total. The van der Waals surface area contributed by atoms with Crippen LogP contribution >= 0.6 is 11.6 Å². The van der Waals surface area contributed by atoms with Gasteiger partial charge in [0.25, 0.3) is 0 Å². The van der Waals surface area contributed by atoms with Gasteiger partial charge in [-0.15, -0.1) is 5.10 Å². The molecule has 2 aliphatic rings. The molecule has 2 N–H and O–H groups in total. The average Bonchev–Trinajstić information content (AvgIpc) is 3.46. The van der Waals surface area contributed by atoms with Crippen LogP contribution in [-0.2, 0) is 11.3 Å². The summed E-state index contributed by atoms with van der Waals surface area (Å²) in [6.07, 6.45) is 10.1. The first-order chi connectivity index (χ1) is 20.0. The third-order valence-corrected chi connectivity index (χ3v) is 7.56. The molecule has 1 aromatic carbocycles. The summed E-state index contributed by atoms with van der Waals surface area (Å²) >= 11 is 6.88. The number of carbonyl (C=O) groups is 1. The lowest BCUT2D eigenvalue weighted by atomic mass is 10.1. The van der Waals surface area contributed by atoms with Crippen molar-refractivity contribution in [3.05, 3.63) is 53.3 Å². The number of amides is 1. The van der Waals surface area contributed by atoms with Gasteiger partial charge in [0.05, 0.1) is 40.6 Å². The molecule has 1 amide bonds. The zero-order chi connectivity index (χ0) is 28.3. The van der Waals surface area contributed by atoms with Gasteiger partial charge < -0.3 is 25.0 Å². The van der Waals surface area contributed by atoms with Gasteiger partial charge in [0.2, 0.25) is 11.9 Å². The summed E-state index contributed by atoms with van der Waals surface area (Å²) in [5, 5.41) is 30.6. The van der Waals surface area contributed by atoms with E-state index in [-0.39, 0.29) is 17.5 Å². The van der Waals surface area contributed by atoms with E-state index in [1.165, 1.54) is 10.7 Å². The maximum Gasteiger partial charge on any atom is 0.247 e. The summed E-state index contributed by atoms with van der Waals surface area (Å²) in [7, 11) is 0. The predicted octanol–water partition coefficient (Wildman–Crippen LogP) is 3.16. The van der Waals surface area contributed by atoms with Crippen molar-refractivity contribution in [1.82, 2.24) is 34.0 Å². The smallest absolute Gasteiger partial charge is 0.247 e. The standard InChI is InChI=1S/C27H27ClN12O/c28-24-21(34-27-35-25(33-19-3-4-19)26-32-16-20(15-30)40(26)36-27)12-18(14-29)13-22(24)38-8-10-39(11-9-38)23(41)2-1-6-37-7-5-31-17-37/h5,7,12-13,16-17,19H,1-4,6,8-11H2,(H2,33,34,35,36). The average molecular weight is 571 g/mol. The number of anilines is 4. The number of piperazine rings is 1. The van der Waals surface area contributed by atoms with E-state index >= 15 is 0 Å². The summed E-state index contributed by atoms with van der Waals surface area (Å²) in [5.74, 6) is 0.859. The van der Waals surface area contributed by atoms with Crippen LogP contribution in [-0.4, -0.2) is 72.2 Å². The topological polar surface area (TPSA) is 156 Å². The number of carbonyl (C=O) groups excluding carboxylic acids is 1. The van der Waals surface area contributed by atoms with Crippen molar-refractivity contribution >= 4 is 46.3 Å². The number of nitrogens with zero attached hydrogens (tertiary/aromatic N) is 10. The molecule has 1 saturated heterocycles. The van der Waals surface area contributed by atoms with Gasteiger partial charge in [-0.3, -0.25) is 4.79 Å². The van der Waals surface area contributed by atoms with E-state index in [9.17, 15) is 15.3 Å². The highest BCUT2D eigenvalue weighted by Gasteiger charge is 2.26. The van der Waals surface area contributed by atoms with E-state index in [4.69, 9.17) is 11.6 Å². The lowest BCUT2D eigenvalue weighted by molar-refractivity contribution is -0.131. The molecule has 6 rings (SSSR count). The van der Waals surface area contributed by atoms with E-state index in [0.29, 0.717) is 72.1 Å². The normalized spacial score (nSPS) is 15.0. The molecule has 4 aromatic rings. The summed E-state index contributed by atoms with van der Waals surface area (Å²) < 4.78 is 3.40. The Morgan fingerprint density at radius 3 is 2.68 bits per heavy atom. The van der Waals surface area contributed by atoms with Crippen LogP contribution in [0.1, 0.15) is 36.9 Å². The van der Waals surface area contributed by atoms with Gasteiger partial charge in [0.15, 0.2) is 17.2 Å². The molecule has 1 saturated carbocycles. The zero-order valence-corrected chi connectivity index (χ0v) is 22.9. The largest absolute Gasteiger partial charge is 0.367 e. The lowest BCUT2D eigenvalue weighted by Crippen LogP contribution is -2.48. The Hall–Kier alpha value is -4.88. The number of fused-ring (bicyclic) bond motifs is 1. The Morgan fingerprint density at radius 2 is 1.98 bits per heavy atom. The van der Waals surface area contributed by atoms with Gasteiger partial charge >= 0.3 is 0 Å². The first-order valence-corrected chi connectivity index (χ1v) is 13.8. The molecule has 0 spiro atoms. The first-order valence-electron chi connectivity index (χ1n) is 13.4. The van der Waals surface area contributed by atoms with E-state index in [0.717, 1.165) is 25.8 Å². The Labute approximate surface area is 241 Å². The quantitative estimate of drug-likeness (QED) is 0.306. The SMILES string of the molecule is N#Cc1cc(Nc2nc(NC3CC3)c3ncc(C#N)n3n2)c(Cl)c(N2CCN(C(=O)CCCn3ccnc3)CC2)c1. The van der Waals surface area contributed by atoms with Crippen LogP contribution in [0.25, 0.3) is 5.65 Å². The molecular formula is C27H27ClN12O. The molecule has 0 radical (unpaired) electrons. The number of rotatable bonds is 9. The van der Waals surface area contributed by atoms with Crippen molar-refractivity contribution < 1.29 is 4.79 Å².